The number of amides is 1. The minimum absolute atomic E-state index is 0.0328. The molecule has 1 amide bonds. The molecule has 6 nitrogen and oxygen atoms in total. The van der Waals surface area contributed by atoms with E-state index in [-0.39, 0.29) is 18.6 Å². The summed E-state index contributed by atoms with van der Waals surface area (Å²) >= 11 is 0. The van der Waals surface area contributed by atoms with Gasteiger partial charge in [0.2, 0.25) is 5.91 Å². The molecule has 1 fully saturated rings. The minimum atomic E-state index is -0.448. The normalized spacial score (nSPS) is 13.5. The Kier molecular flexibility index (Phi) is 7.63. The van der Waals surface area contributed by atoms with E-state index in [0.29, 0.717) is 12.0 Å². The Bertz CT molecular complexity index is 1220. The number of rotatable bonds is 9. The molecule has 1 heterocycles. The molecule has 0 aromatic heterocycles. The molecule has 0 spiro atoms. The van der Waals surface area contributed by atoms with Gasteiger partial charge in [0, 0.05) is 29.9 Å². The fourth-order valence-corrected chi connectivity index (χ4v) is 4.67. The van der Waals surface area contributed by atoms with E-state index in [1.165, 1.54) is 24.1 Å². The molecule has 3 aromatic carbocycles. The van der Waals surface area contributed by atoms with Gasteiger partial charge in [-0.05, 0) is 76.9 Å². The van der Waals surface area contributed by atoms with Gasteiger partial charge in [-0.2, -0.15) is 0 Å². The van der Waals surface area contributed by atoms with E-state index >= 15 is 0 Å². The molecule has 0 saturated carbocycles. The van der Waals surface area contributed by atoms with Gasteiger partial charge in [-0.15, -0.1) is 0 Å². The van der Waals surface area contributed by atoms with Crippen LogP contribution in [-0.4, -0.2) is 38.7 Å². The van der Waals surface area contributed by atoms with Crippen molar-refractivity contribution in [2.75, 3.05) is 31.2 Å². The van der Waals surface area contributed by atoms with Crippen LogP contribution >= 0.6 is 0 Å². The zero-order valence-electron chi connectivity index (χ0n) is 21.3. The summed E-state index contributed by atoms with van der Waals surface area (Å²) in [5.41, 5.74) is 12.4. The van der Waals surface area contributed by atoms with Crippen LogP contribution in [0.2, 0.25) is 0 Å². The van der Waals surface area contributed by atoms with Gasteiger partial charge < -0.3 is 20.1 Å². The number of anilines is 1. The van der Waals surface area contributed by atoms with Gasteiger partial charge in [-0.1, -0.05) is 45.0 Å². The first-order valence-electron chi connectivity index (χ1n) is 12.4. The number of ether oxygens (including phenoxy) is 2. The number of hydrogen-bond donors (Lipinski definition) is 1. The lowest BCUT2D eigenvalue weighted by Crippen LogP contribution is -2.23. The van der Waals surface area contributed by atoms with E-state index in [2.05, 4.69) is 49.9 Å². The van der Waals surface area contributed by atoms with Crippen LogP contribution in [0.25, 0.3) is 22.3 Å². The number of nitrogens with two attached hydrogens (primary N) is 1. The first-order valence-corrected chi connectivity index (χ1v) is 12.4. The number of carbonyl (C=O) groups excluding carboxylic acids is 2. The van der Waals surface area contributed by atoms with E-state index in [9.17, 15) is 9.59 Å². The summed E-state index contributed by atoms with van der Waals surface area (Å²) in [7, 11) is 0. The zero-order valence-corrected chi connectivity index (χ0v) is 21.3. The zero-order chi connectivity index (χ0) is 25.7. The predicted molar refractivity (Wildman–Crippen MR) is 143 cm³/mol. The maximum atomic E-state index is 11.5. The smallest absolute Gasteiger partial charge is 0.293 e. The standard InChI is InChI=1S/C30H34N2O4/c1-30(2,3)26-19-24(10-12-27(26)32-14-4-5-15-32)25-18-23(11-13-28(25)36-17-16-35-20-33)21-6-8-22(9-7-21)29(31)34/h6-13,18-20H,4-5,14-17H2,1-3H3,(H2,31,34). The fraction of sp³-hybridized carbons (Fsp3) is 0.333. The van der Waals surface area contributed by atoms with Crippen LogP contribution in [-0.2, 0) is 14.9 Å². The second-order valence-electron chi connectivity index (χ2n) is 10.1. The third-order valence-corrected chi connectivity index (χ3v) is 6.57. The third kappa shape index (κ3) is 5.70. The van der Waals surface area contributed by atoms with Crippen molar-refractivity contribution in [2.45, 2.75) is 39.0 Å². The van der Waals surface area contributed by atoms with E-state index < -0.39 is 5.91 Å². The van der Waals surface area contributed by atoms with Gasteiger partial charge >= 0.3 is 0 Å². The van der Waals surface area contributed by atoms with E-state index in [0.717, 1.165) is 41.1 Å². The van der Waals surface area contributed by atoms with Crippen molar-refractivity contribution >= 4 is 18.1 Å². The maximum absolute atomic E-state index is 11.5. The van der Waals surface area contributed by atoms with Crippen LogP contribution < -0.4 is 15.4 Å². The van der Waals surface area contributed by atoms with Crippen molar-refractivity contribution in [3.05, 3.63) is 71.8 Å². The number of benzene rings is 3. The molecule has 0 atom stereocenters. The monoisotopic (exact) mass is 486 g/mol. The number of hydrogen-bond acceptors (Lipinski definition) is 5. The van der Waals surface area contributed by atoms with Gasteiger partial charge in [0.1, 0.15) is 19.0 Å². The lowest BCUT2D eigenvalue weighted by Gasteiger charge is -2.29. The molecule has 0 aliphatic carbocycles. The van der Waals surface area contributed by atoms with E-state index in [1.54, 1.807) is 12.1 Å². The Morgan fingerprint density at radius 1 is 0.917 bits per heavy atom. The lowest BCUT2D eigenvalue weighted by atomic mass is 9.83. The Morgan fingerprint density at radius 3 is 2.22 bits per heavy atom. The van der Waals surface area contributed by atoms with Crippen LogP contribution in [0.5, 0.6) is 5.75 Å². The number of nitrogens with zero attached hydrogens (tertiary/aromatic N) is 1. The average molecular weight is 487 g/mol. The molecule has 3 aromatic rings. The Balaban J connectivity index is 1.78. The molecule has 1 saturated heterocycles. The molecular formula is C30H34N2O4. The second kappa shape index (κ2) is 10.9. The molecule has 6 heteroatoms. The predicted octanol–water partition coefficient (Wildman–Crippen LogP) is 5.57. The molecule has 1 aliphatic rings. The Labute approximate surface area is 213 Å². The molecule has 0 bridgehead atoms. The third-order valence-electron chi connectivity index (χ3n) is 6.57. The first kappa shape index (κ1) is 25.3. The van der Waals surface area contributed by atoms with Gasteiger partial charge in [-0.25, -0.2) is 0 Å². The van der Waals surface area contributed by atoms with Crippen molar-refractivity contribution in [2.24, 2.45) is 5.73 Å². The second-order valence-corrected chi connectivity index (χ2v) is 10.1. The van der Waals surface area contributed by atoms with Gasteiger partial charge in [0.25, 0.3) is 6.47 Å². The summed E-state index contributed by atoms with van der Waals surface area (Å²) in [5, 5.41) is 0. The SMILES string of the molecule is CC(C)(C)c1cc(-c2cc(-c3ccc(C(N)=O)cc3)ccc2OCCOC=O)ccc1N1CCCC1. The minimum Gasteiger partial charge on any atom is -0.489 e. The van der Waals surface area contributed by atoms with Crippen molar-refractivity contribution in [1.82, 2.24) is 0 Å². The van der Waals surface area contributed by atoms with Crippen LogP contribution in [0.1, 0.15) is 49.5 Å². The fourth-order valence-electron chi connectivity index (χ4n) is 4.67. The molecule has 0 unspecified atom stereocenters. The average Bonchev–Trinajstić information content (AvgIpc) is 3.41. The molecule has 188 valence electrons. The topological polar surface area (TPSA) is 81.9 Å². The Hall–Kier alpha value is -3.80. The van der Waals surface area contributed by atoms with Gasteiger partial charge in [0.15, 0.2) is 0 Å². The molecule has 0 radical (unpaired) electrons. The summed E-state index contributed by atoms with van der Waals surface area (Å²) in [4.78, 5) is 24.5. The largest absolute Gasteiger partial charge is 0.489 e. The van der Waals surface area contributed by atoms with Crippen molar-refractivity contribution < 1.29 is 19.1 Å². The van der Waals surface area contributed by atoms with Crippen LogP contribution in [0, 0.1) is 0 Å². The summed E-state index contributed by atoms with van der Waals surface area (Å²) in [5.74, 6) is 0.270. The van der Waals surface area contributed by atoms with Crippen molar-refractivity contribution in [1.29, 1.82) is 0 Å². The maximum Gasteiger partial charge on any atom is 0.293 e. The molecule has 1 aliphatic heterocycles. The van der Waals surface area contributed by atoms with Crippen molar-refractivity contribution in [3.63, 3.8) is 0 Å². The molecule has 36 heavy (non-hydrogen) atoms. The highest BCUT2D eigenvalue weighted by molar-refractivity contribution is 5.93. The quantitative estimate of drug-likeness (QED) is 0.316. The highest BCUT2D eigenvalue weighted by atomic mass is 16.5. The number of primary amides is 1. The highest BCUT2D eigenvalue weighted by Gasteiger charge is 2.24. The Morgan fingerprint density at radius 2 is 1.58 bits per heavy atom. The molecule has 2 N–H and O–H groups in total. The van der Waals surface area contributed by atoms with Gasteiger partial charge in [0.05, 0.1) is 0 Å². The van der Waals surface area contributed by atoms with E-state index in [4.69, 9.17) is 15.2 Å². The summed E-state index contributed by atoms with van der Waals surface area (Å²) in [6, 6.07) is 20.0. The lowest BCUT2D eigenvalue weighted by molar-refractivity contribution is -0.129. The molecule has 4 rings (SSSR count). The first-order chi connectivity index (χ1) is 17.3. The summed E-state index contributed by atoms with van der Waals surface area (Å²) in [6.45, 7) is 9.78. The summed E-state index contributed by atoms with van der Waals surface area (Å²) < 4.78 is 10.8. The summed E-state index contributed by atoms with van der Waals surface area (Å²) in [6.07, 6.45) is 2.45. The van der Waals surface area contributed by atoms with Gasteiger partial charge in [-0.3, -0.25) is 9.59 Å². The van der Waals surface area contributed by atoms with Crippen LogP contribution in [0.4, 0.5) is 5.69 Å². The highest BCUT2D eigenvalue weighted by Crippen LogP contribution is 2.40. The molecular weight excluding hydrogens is 452 g/mol. The van der Waals surface area contributed by atoms with Crippen LogP contribution in [0.3, 0.4) is 0 Å². The van der Waals surface area contributed by atoms with Crippen molar-refractivity contribution in [3.8, 4) is 28.0 Å². The van der Waals surface area contributed by atoms with E-state index in [1.807, 2.05) is 24.3 Å². The number of carbonyl (C=O) groups is 2. The van der Waals surface area contributed by atoms with Crippen LogP contribution in [0.15, 0.2) is 60.7 Å².